The van der Waals surface area contributed by atoms with Crippen LogP contribution in [0.3, 0.4) is 0 Å². The monoisotopic (exact) mass is 335 g/mol. The number of fused-ring (bicyclic) bond motifs is 1. The fourth-order valence-electron chi connectivity index (χ4n) is 2.98. The van der Waals surface area contributed by atoms with Gasteiger partial charge in [0.25, 0.3) is 0 Å². The third-order valence-corrected chi connectivity index (χ3v) is 4.56. The van der Waals surface area contributed by atoms with E-state index in [1.165, 1.54) is 24.2 Å². The Kier molecular flexibility index (Phi) is 3.28. The molecule has 4 rings (SSSR count). The maximum absolute atomic E-state index is 5.56. The van der Waals surface area contributed by atoms with Crippen molar-refractivity contribution in [1.82, 2.24) is 14.9 Å². The van der Waals surface area contributed by atoms with Crippen molar-refractivity contribution < 1.29 is 4.74 Å². The molecule has 0 bridgehead atoms. The number of benzene rings is 1. The van der Waals surface area contributed by atoms with Gasteiger partial charge in [0.1, 0.15) is 5.82 Å². The Bertz CT molecular complexity index is 629. The minimum atomic E-state index is 0.390. The van der Waals surface area contributed by atoms with E-state index in [-0.39, 0.29) is 0 Å². The van der Waals surface area contributed by atoms with Gasteiger partial charge in [0, 0.05) is 29.5 Å². The molecule has 5 heteroatoms. The van der Waals surface area contributed by atoms with Crippen molar-refractivity contribution in [3.05, 3.63) is 28.5 Å². The van der Waals surface area contributed by atoms with Crippen molar-refractivity contribution in [1.29, 1.82) is 0 Å². The molecule has 1 unspecified atom stereocenters. The van der Waals surface area contributed by atoms with Crippen molar-refractivity contribution in [2.75, 3.05) is 19.8 Å². The second-order valence-corrected chi connectivity index (χ2v) is 6.61. The predicted molar refractivity (Wildman–Crippen MR) is 82.0 cm³/mol. The summed E-state index contributed by atoms with van der Waals surface area (Å²) in [5, 5.41) is 3.52. The lowest BCUT2D eigenvalue weighted by Gasteiger charge is -2.23. The average molecular weight is 336 g/mol. The zero-order valence-corrected chi connectivity index (χ0v) is 12.9. The summed E-state index contributed by atoms with van der Waals surface area (Å²) in [6, 6.07) is 7.44. The van der Waals surface area contributed by atoms with Gasteiger partial charge in [-0.3, -0.25) is 0 Å². The van der Waals surface area contributed by atoms with E-state index >= 15 is 0 Å². The molecule has 0 amide bonds. The molecule has 0 radical (unpaired) electrons. The van der Waals surface area contributed by atoms with Crippen LogP contribution in [0.4, 0.5) is 0 Å². The maximum Gasteiger partial charge on any atom is 0.111 e. The van der Waals surface area contributed by atoms with E-state index in [1.807, 2.05) is 0 Å². The van der Waals surface area contributed by atoms with Crippen LogP contribution in [-0.4, -0.2) is 35.4 Å². The van der Waals surface area contributed by atoms with E-state index in [1.54, 1.807) is 0 Å². The molecule has 1 aromatic heterocycles. The summed E-state index contributed by atoms with van der Waals surface area (Å²) in [5.74, 6) is 1.20. The van der Waals surface area contributed by atoms with Crippen LogP contribution in [-0.2, 0) is 11.2 Å². The quantitative estimate of drug-likeness (QED) is 0.937. The normalized spacial score (nSPS) is 23.4. The number of imidazole rings is 1. The van der Waals surface area contributed by atoms with Crippen molar-refractivity contribution >= 4 is 27.0 Å². The van der Waals surface area contributed by atoms with E-state index in [9.17, 15) is 0 Å². The zero-order valence-electron chi connectivity index (χ0n) is 11.3. The summed E-state index contributed by atoms with van der Waals surface area (Å²) in [7, 11) is 0. The molecule has 1 saturated carbocycles. The molecule has 2 heterocycles. The van der Waals surface area contributed by atoms with Gasteiger partial charge in [-0.1, -0.05) is 15.9 Å². The van der Waals surface area contributed by atoms with E-state index in [4.69, 9.17) is 9.72 Å². The lowest BCUT2D eigenvalue weighted by molar-refractivity contribution is 0.0761. The number of nitrogens with one attached hydrogen (secondary N) is 1. The van der Waals surface area contributed by atoms with Crippen LogP contribution in [0, 0.1) is 0 Å². The first kappa shape index (κ1) is 12.8. The summed E-state index contributed by atoms with van der Waals surface area (Å²) in [6.45, 7) is 2.56. The second-order valence-electron chi connectivity index (χ2n) is 5.69. The summed E-state index contributed by atoms with van der Waals surface area (Å²) >= 11 is 3.54. The van der Waals surface area contributed by atoms with E-state index in [0.717, 1.165) is 36.2 Å². The fourth-order valence-corrected chi connectivity index (χ4v) is 3.33. The van der Waals surface area contributed by atoms with Gasteiger partial charge in [-0.15, -0.1) is 0 Å². The largest absolute Gasteiger partial charge is 0.379 e. The SMILES string of the molecule is Brc1ccc2c(c1)nc(CC1COCCN1)n2C1CC1. The number of hydrogen-bond acceptors (Lipinski definition) is 3. The molecular weight excluding hydrogens is 318 g/mol. The highest BCUT2D eigenvalue weighted by atomic mass is 79.9. The van der Waals surface area contributed by atoms with Crippen molar-refractivity contribution in [2.45, 2.75) is 31.3 Å². The molecule has 1 atom stereocenters. The second kappa shape index (κ2) is 5.13. The minimum absolute atomic E-state index is 0.390. The first-order valence-corrected chi connectivity index (χ1v) is 8.08. The number of ether oxygens (including phenoxy) is 1. The van der Waals surface area contributed by atoms with Crippen LogP contribution in [0.2, 0.25) is 0 Å². The van der Waals surface area contributed by atoms with Crippen molar-refractivity contribution in [3.8, 4) is 0 Å². The van der Waals surface area contributed by atoms with Crippen molar-refractivity contribution in [3.63, 3.8) is 0 Å². The van der Waals surface area contributed by atoms with Gasteiger partial charge >= 0.3 is 0 Å². The van der Waals surface area contributed by atoms with Gasteiger partial charge in [-0.05, 0) is 31.0 Å². The third kappa shape index (κ3) is 2.38. The first-order valence-electron chi connectivity index (χ1n) is 7.29. The van der Waals surface area contributed by atoms with Crippen LogP contribution in [0.25, 0.3) is 11.0 Å². The number of rotatable bonds is 3. The lowest BCUT2D eigenvalue weighted by atomic mass is 10.2. The van der Waals surface area contributed by atoms with E-state index in [0.29, 0.717) is 12.1 Å². The number of halogens is 1. The molecule has 1 N–H and O–H groups in total. The average Bonchev–Trinajstić information content (AvgIpc) is 3.22. The van der Waals surface area contributed by atoms with Crippen LogP contribution < -0.4 is 5.32 Å². The summed E-state index contributed by atoms with van der Waals surface area (Å²) in [5.41, 5.74) is 2.36. The summed E-state index contributed by atoms with van der Waals surface area (Å²) in [6.07, 6.45) is 3.51. The Morgan fingerprint density at radius 2 is 2.30 bits per heavy atom. The summed E-state index contributed by atoms with van der Waals surface area (Å²) < 4.78 is 9.09. The molecule has 20 heavy (non-hydrogen) atoms. The molecule has 1 saturated heterocycles. The highest BCUT2D eigenvalue weighted by Gasteiger charge is 2.29. The van der Waals surface area contributed by atoms with Gasteiger partial charge in [0.15, 0.2) is 0 Å². The number of hydrogen-bond donors (Lipinski definition) is 1. The number of aromatic nitrogens is 2. The molecular formula is C15H18BrN3O. The van der Waals surface area contributed by atoms with Gasteiger partial charge < -0.3 is 14.6 Å². The van der Waals surface area contributed by atoms with Crippen LogP contribution in [0.5, 0.6) is 0 Å². The maximum atomic E-state index is 5.56. The minimum Gasteiger partial charge on any atom is -0.379 e. The topological polar surface area (TPSA) is 39.1 Å². The van der Waals surface area contributed by atoms with Crippen LogP contribution in [0.1, 0.15) is 24.7 Å². The van der Waals surface area contributed by atoms with Crippen LogP contribution in [0.15, 0.2) is 22.7 Å². The first-order chi connectivity index (χ1) is 9.81. The standard InChI is InChI=1S/C15H18BrN3O/c16-10-1-4-14-13(7-10)18-15(19(14)12-2-3-12)8-11-9-20-6-5-17-11/h1,4,7,11-12,17H,2-3,5-6,8-9H2. The van der Waals surface area contributed by atoms with Gasteiger partial charge in [0.2, 0.25) is 0 Å². The molecule has 4 nitrogen and oxygen atoms in total. The highest BCUT2D eigenvalue weighted by molar-refractivity contribution is 9.10. The fraction of sp³-hybridized carbons (Fsp3) is 0.533. The summed E-state index contributed by atoms with van der Waals surface area (Å²) in [4.78, 5) is 4.87. The molecule has 2 aliphatic rings. The third-order valence-electron chi connectivity index (χ3n) is 4.06. The molecule has 1 aromatic carbocycles. The van der Waals surface area contributed by atoms with Gasteiger partial charge in [-0.25, -0.2) is 4.98 Å². The Morgan fingerprint density at radius 1 is 1.40 bits per heavy atom. The van der Waals surface area contributed by atoms with E-state index < -0.39 is 0 Å². The molecule has 0 spiro atoms. The van der Waals surface area contributed by atoms with Crippen LogP contribution >= 0.6 is 15.9 Å². The highest BCUT2D eigenvalue weighted by Crippen LogP contribution is 2.39. The molecule has 2 fully saturated rings. The Labute approximate surface area is 126 Å². The van der Waals surface area contributed by atoms with Gasteiger partial charge in [-0.2, -0.15) is 0 Å². The van der Waals surface area contributed by atoms with Gasteiger partial charge in [0.05, 0.1) is 24.2 Å². The molecule has 1 aliphatic heterocycles. The molecule has 2 aromatic rings. The number of morpholine rings is 1. The Morgan fingerprint density at radius 3 is 3.05 bits per heavy atom. The smallest absolute Gasteiger partial charge is 0.111 e. The Balaban J connectivity index is 1.71. The lowest BCUT2D eigenvalue weighted by Crippen LogP contribution is -2.43. The zero-order chi connectivity index (χ0) is 13.5. The Hall–Kier alpha value is -0.910. The number of nitrogens with zero attached hydrogens (tertiary/aromatic N) is 2. The molecule has 1 aliphatic carbocycles. The predicted octanol–water partition coefficient (Wildman–Crippen LogP) is 2.66. The molecule has 106 valence electrons. The van der Waals surface area contributed by atoms with E-state index in [2.05, 4.69) is 44.0 Å². The van der Waals surface area contributed by atoms with Crippen molar-refractivity contribution in [2.24, 2.45) is 0 Å².